The van der Waals surface area contributed by atoms with Crippen molar-refractivity contribution < 1.29 is 0 Å². The van der Waals surface area contributed by atoms with Gasteiger partial charge in [0.05, 0.1) is 5.92 Å². The lowest BCUT2D eigenvalue weighted by Gasteiger charge is -2.33. The molecule has 0 radical (unpaired) electrons. The van der Waals surface area contributed by atoms with Crippen molar-refractivity contribution in [2.45, 2.75) is 49.8 Å². The summed E-state index contributed by atoms with van der Waals surface area (Å²) in [5.41, 5.74) is 12.6. The van der Waals surface area contributed by atoms with Gasteiger partial charge in [-0.05, 0) is 131 Å². The molecule has 0 amide bonds. The zero-order valence-corrected chi connectivity index (χ0v) is 34.0. The molecule has 3 nitrogen and oxygen atoms in total. The van der Waals surface area contributed by atoms with Gasteiger partial charge in [-0.2, -0.15) is 0 Å². The molecule has 282 valence electrons. The van der Waals surface area contributed by atoms with Crippen LogP contribution in [0.15, 0.2) is 198 Å². The normalized spacial score (nSPS) is 18.7. The average Bonchev–Trinajstić information content (AvgIpc) is 3.47. The van der Waals surface area contributed by atoms with E-state index < -0.39 is 0 Å². The highest BCUT2D eigenvalue weighted by atomic mass is 32.2. The van der Waals surface area contributed by atoms with Gasteiger partial charge in [0.2, 0.25) is 0 Å². The van der Waals surface area contributed by atoms with Crippen molar-refractivity contribution in [3.05, 3.63) is 216 Å². The molecule has 2 atom stereocenters. The summed E-state index contributed by atoms with van der Waals surface area (Å²) >= 11 is 1.89. The maximum atomic E-state index is 5.24. The Bertz CT molecular complexity index is 2730. The summed E-state index contributed by atoms with van der Waals surface area (Å²) in [6, 6.07) is 44.0. The minimum absolute atomic E-state index is 0.1000. The smallest absolute Gasteiger partial charge is 0.163 e. The third-order valence-electron chi connectivity index (χ3n) is 11.4. The van der Waals surface area contributed by atoms with Crippen molar-refractivity contribution in [2.75, 3.05) is 0 Å². The summed E-state index contributed by atoms with van der Waals surface area (Å²) in [7, 11) is 0. The molecule has 2 heterocycles. The maximum absolute atomic E-state index is 5.24. The largest absolute Gasteiger partial charge is 0.213 e. The van der Waals surface area contributed by atoms with E-state index in [0.717, 1.165) is 29.8 Å². The highest BCUT2D eigenvalue weighted by Crippen LogP contribution is 2.60. The highest BCUT2D eigenvalue weighted by Gasteiger charge is 2.47. The van der Waals surface area contributed by atoms with Gasteiger partial charge in [0.15, 0.2) is 11.6 Å². The van der Waals surface area contributed by atoms with E-state index >= 15 is 0 Å². The molecular weight excluding hydrogens is 723 g/mol. The van der Waals surface area contributed by atoms with Crippen molar-refractivity contribution in [1.82, 2.24) is 15.0 Å². The lowest BCUT2D eigenvalue weighted by Crippen LogP contribution is -2.30. The first-order valence-electron chi connectivity index (χ1n) is 20.1. The van der Waals surface area contributed by atoms with E-state index in [9.17, 15) is 0 Å². The molecule has 9 rings (SSSR count). The Morgan fingerprint density at radius 3 is 2.12 bits per heavy atom. The Hall–Kier alpha value is -6.36. The molecule has 0 fully saturated rings. The van der Waals surface area contributed by atoms with Gasteiger partial charge in [-0.3, -0.25) is 0 Å². The molecular formula is C54H45N3S. The Morgan fingerprint density at radius 1 is 0.655 bits per heavy atom. The van der Waals surface area contributed by atoms with Gasteiger partial charge in [0.25, 0.3) is 0 Å². The van der Waals surface area contributed by atoms with E-state index in [1.54, 1.807) is 0 Å². The maximum Gasteiger partial charge on any atom is 0.163 e. The van der Waals surface area contributed by atoms with Gasteiger partial charge in [-0.1, -0.05) is 164 Å². The van der Waals surface area contributed by atoms with Gasteiger partial charge in [-0.25, -0.2) is 15.0 Å². The first-order valence-corrected chi connectivity index (χ1v) is 21.0. The van der Waals surface area contributed by atoms with Crippen LogP contribution in [0.1, 0.15) is 62.3 Å². The van der Waals surface area contributed by atoms with Crippen LogP contribution in [0.25, 0.3) is 55.9 Å². The molecule has 0 saturated heterocycles. The van der Waals surface area contributed by atoms with E-state index in [4.69, 9.17) is 15.0 Å². The molecule has 3 aliphatic rings. The van der Waals surface area contributed by atoms with Crippen LogP contribution >= 0.6 is 11.8 Å². The monoisotopic (exact) mass is 767 g/mol. The molecule has 6 aromatic rings. The third-order valence-corrected chi connectivity index (χ3v) is 12.8. The number of allylic oxidation sites excluding steroid dienone is 14. The zero-order chi connectivity index (χ0) is 39.5. The number of thioether (sulfide) groups is 1. The van der Waals surface area contributed by atoms with Crippen LogP contribution in [-0.2, 0) is 5.41 Å². The van der Waals surface area contributed by atoms with E-state index in [-0.39, 0.29) is 11.3 Å². The average molecular weight is 768 g/mol. The van der Waals surface area contributed by atoms with E-state index in [0.29, 0.717) is 11.6 Å². The van der Waals surface area contributed by atoms with Crippen molar-refractivity contribution in [1.29, 1.82) is 0 Å². The second-order valence-electron chi connectivity index (χ2n) is 15.2. The highest BCUT2D eigenvalue weighted by molar-refractivity contribution is 8.03. The predicted octanol–water partition coefficient (Wildman–Crippen LogP) is 14.4. The Kier molecular flexibility index (Phi) is 10.4. The minimum atomic E-state index is -0.373. The topological polar surface area (TPSA) is 38.7 Å². The van der Waals surface area contributed by atoms with Crippen molar-refractivity contribution in [3.8, 4) is 44.8 Å². The number of benzene rings is 5. The Balaban J connectivity index is 1.14. The van der Waals surface area contributed by atoms with Crippen LogP contribution in [-0.4, -0.2) is 15.0 Å². The number of hydrogen-bond donors (Lipinski definition) is 0. The summed E-state index contributed by atoms with van der Waals surface area (Å²) in [6.45, 7) is 6.48. The first-order chi connectivity index (χ1) is 28.5. The first kappa shape index (κ1) is 37.2. The fraction of sp³-hybridized carbons (Fsp3) is 0.130. The van der Waals surface area contributed by atoms with Gasteiger partial charge < -0.3 is 0 Å². The summed E-state index contributed by atoms with van der Waals surface area (Å²) in [5, 5.41) is 0. The van der Waals surface area contributed by atoms with Crippen molar-refractivity contribution in [3.63, 3.8) is 0 Å². The molecule has 4 heteroatoms. The van der Waals surface area contributed by atoms with Crippen LogP contribution in [0.2, 0.25) is 0 Å². The number of hydrogen-bond acceptors (Lipinski definition) is 4. The molecule has 0 bridgehead atoms. The number of aromatic nitrogens is 3. The lowest BCUT2D eigenvalue weighted by atomic mass is 9.70. The molecule has 0 spiro atoms. The number of nitrogens with zero attached hydrogens (tertiary/aromatic N) is 3. The van der Waals surface area contributed by atoms with Crippen LogP contribution in [0.3, 0.4) is 0 Å². The van der Waals surface area contributed by atoms with Crippen LogP contribution < -0.4 is 0 Å². The fourth-order valence-corrected chi connectivity index (χ4v) is 9.61. The van der Waals surface area contributed by atoms with E-state index in [2.05, 4.69) is 172 Å². The van der Waals surface area contributed by atoms with Crippen LogP contribution in [0.5, 0.6) is 0 Å². The predicted molar refractivity (Wildman–Crippen MR) is 245 cm³/mol. The molecule has 0 unspecified atom stereocenters. The van der Waals surface area contributed by atoms with Gasteiger partial charge in [0, 0.05) is 15.9 Å². The number of fused-ring (bicyclic) bond motifs is 3. The molecule has 0 N–H and O–H groups in total. The summed E-state index contributed by atoms with van der Waals surface area (Å²) in [5.74, 6) is 2.08. The summed E-state index contributed by atoms with van der Waals surface area (Å²) in [4.78, 5) is 18.1. The van der Waals surface area contributed by atoms with Crippen molar-refractivity contribution in [2.24, 2.45) is 0 Å². The second kappa shape index (κ2) is 16.2. The summed E-state index contributed by atoms with van der Waals surface area (Å²) in [6.07, 6.45) is 25.9. The van der Waals surface area contributed by atoms with Crippen LogP contribution in [0, 0.1) is 0 Å². The zero-order valence-electron chi connectivity index (χ0n) is 33.1. The van der Waals surface area contributed by atoms with Gasteiger partial charge >= 0.3 is 0 Å². The minimum Gasteiger partial charge on any atom is -0.213 e. The number of rotatable bonds is 8. The quantitative estimate of drug-likeness (QED) is 0.114. The standard InChI is InChI=1S/C54H45N3S/c1-4-5-19-37(2)51-55-52(40-24-14-9-15-25-40)57-53(56-51)47-28-16-17-29-50-54(47,3)48-36-43(30-31-49(48)58-50)41-26-18-27-42(32-41)46-34-44(38-20-10-6-7-11-21-38)33-45(35-46)39-22-12-8-13-23-39/h4-10,12-16,18-36,47H,11,17H2,1-3H3/b5-4-,37-19+/t47-,54-/m1/s1. The lowest BCUT2D eigenvalue weighted by molar-refractivity contribution is 0.501. The Morgan fingerprint density at radius 2 is 1.33 bits per heavy atom. The Labute approximate surface area is 346 Å². The molecule has 1 aromatic heterocycles. The van der Waals surface area contributed by atoms with E-state index in [1.165, 1.54) is 59.9 Å². The molecule has 2 aliphatic carbocycles. The van der Waals surface area contributed by atoms with Crippen LogP contribution in [0.4, 0.5) is 0 Å². The van der Waals surface area contributed by atoms with Gasteiger partial charge in [-0.15, -0.1) is 0 Å². The van der Waals surface area contributed by atoms with Gasteiger partial charge in [0.1, 0.15) is 5.82 Å². The molecule has 5 aromatic carbocycles. The third kappa shape index (κ3) is 7.32. The molecule has 1 aliphatic heterocycles. The van der Waals surface area contributed by atoms with Crippen molar-refractivity contribution >= 4 is 22.9 Å². The second-order valence-corrected chi connectivity index (χ2v) is 16.3. The molecule has 58 heavy (non-hydrogen) atoms. The fourth-order valence-electron chi connectivity index (χ4n) is 8.23. The molecule has 0 saturated carbocycles. The SMILES string of the molecule is C/C=C\C=C(/C)c1nc(-c2ccccc2)nc([C@H]2C=CCC=C3Sc4ccc(-c5cccc(-c6cc(C7=CCC=CC=C7)cc(-c7ccccc7)c6)c5)cc4[C@]32C)n1. The van der Waals surface area contributed by atoms with E-state index in [1.807, 2.05) is 49.0 Å². The summed E-state index contributed by atoms with van der Waals surface area (Å²) < 4.78 is 0.